The minimum atomic E-state index is 0.113. The average molecular weight is 280 g/mol. The van der Waals surface area contributed by atoms with Crippen LogP contribution in [0.1, 0.15) is 24.9 Å². The van der Waals surface area contributed by atoms with Gasteiger partial charge in [-0.15, -0.1) is 0 Å². The van der Waals surface area contributed by atoms with Gasteiger partial charge in [0.2, 0.25) is 5.75 Å². The Bertz CT molecular complexity index is 465. The standard InChI is InChI=1S/C15H24N2O3/c1-5-17-9-8-11(16)13(17)10-6-7-12(18-2)15(20-4)14(10)19-3/h6-7,11,13H,5,8-9,16H2,1-4H3. The van der Waals surface area contributed by atoms with Gasteiger partial charge in [-0.05, 0) is 25.1 Å². The number of ether oxygens (including phenoxy) is 3. The Morgan fingerprint density at radius 1 is 1.15 bits per heavy atom. The molecule has 1 aromatic rings. The van der Waals surface area contributed by atoms with Gasteiger partial charge in [0.1, 0.15) is 0 Å². The molecule has 2 atom stereocenters. The number of rotatable bonds is 5. The van der Waals surface area contributed by atoms with Gasteiger partial charge in [0.05, 0.1) is 27.4 Å². The first-order valence-corrected chi connectivity index (χ1v) is 6.96. The molecule has 0 bridgehead atoms. The maximum Gasteiger partial charge on any atom is 0.203 e. The highest BCUT2D eigenvalue weighted by Crippen LogP contribution is 2.45. The molecule has 5 heteroatoms. The zero-order valence-corrected chi connectivity index (χ0v) is 12.7. The number of nitrogens with zero attached hydrogens (tertiary/aromatic N) is 1. The molecule has 1 aliphatic rings. The van der Waals surface area contributed by atoms with E-state index in [0.717, 1.165) is 25.1 Å². The molecule has 0 aromatic heterocycles. The van der Waals surface area contributed by atoms with Crippen LogP contribution in [-0.4, -0.2) is 45.4 Å². The van der Waals surface area contributed by atoms with Crippen LogP contribution in [0.4, 0.5) is 0 Å². The summed E-state index contributed by atoms with van der Waals surface area (Å²) >= 11 is 0. The number of likely N-dealkylation sites (N-methyl/N-ethyl adjacent to an activating group) is 1. The van der Waals surface area contributed by atoms with Crippen LogP contribution in [0.2, 0.25) is 0 Å². The molecule has 2 rings (SSSR count). The van der Waals surface area contributed by atoms with E-state index in [1.165, 1.54) is 0 Å². The van der Waals surface area contributed by atoms with Crippen LogP contribution in [0, 0.1) is 0 Å². The zero-order valence-electron chi connectivity index (χ0n) is 12.7. The van der Waals surface area contributed by atoms with Crippen molar-refractivity contribution in [3.8, 4) is 17.2 Å². The number of hydrogen-bond donors (Lipinski definition) is 1. The minimum Gasteiger partial charge on any atom is -0.493 e. The Morgan fingerprint density at radius 2 is 1.85 bits per heavy atom. The van der Waals surface area contributed by atoms with Gasteiger partial charge >= 0.3 is 0 Å². The molecule has 1 fully saturated rings. The van der Waals surface area contributed by atoms with E-state index in [2.05, 4.69) is 11.8 Å². The van der Waals surface area contributed by atoms with E-state index in [9.17, 15) is 0 Å². The second-order valence-electron chi connectivity index (χ2n) is 4.95. The number of methoxy groups -OCH3 is 3. The lowest BCUT2D eigenvalue weighted by atomic mass is 9.99. The summed E-state index contributed by atoms with van der Waals surface area (Å²) in [7, 11) is 4.89. The third-order valence-corrected chi connectivity index (χ3v) is 4.01. The van der Waals surface area contributed by atoms with Crippen molar-refractivity contribution in [3.05, 3.63) is 17.7 Å². The second-order valence-corrected chi connectivity index (χ2v) is 4.95. The van der Waals surface area contributed by atoms with Gasteiger partial charge in [-0.25, -0.2) is 0 Å². The summed E-state index contributed by atoms with van der Waals surface area (Å²) in [6, 6.07) is 4.21. The summed E-state index contributed by atoms with van der Waals surface area (Å²) in [6.07, 6.45) is 0.996. The molecule has 2 N–H and O–H groups in total. The Kier molecular flexibility index (Phi) is 4.73. The predicted octanol–water partition coefficient (Wildman–Crippen LogP) is 1.81. The fraction of sp³-hybridized carbons (Fsp3) is 0.600. The molecule has 1 aromatic carbocycles. The van der Waals surface area contributed by atoms with Gasteiger partial charge in [0, 0.05) is 18.2 Å². The highest BCUT2D eigenvalue weighted by atomic mass is 16.5. The van der Waals surface area contributed by atoms with Crippen molar-refractivity contribution in [1.29, 1.82) is 0 Å². The van der Waals surface area contributed by atoms with Crippen molar-refractivity contribution in [2.24, 2.45) is 5.73 Å². The number of likely N-dealkylation sites (tertiary alicyclic amines) is 1. The van der Waals surface area contributed by atoms with Crippen LogP contribution in [0.25, 0.3) is 0 Å². The van der Waals surface area contributed by atoms with E-state index in [-0.39, 0.29) is 12.1 Å². The zero-order chi connectivity index (χ0) is 14.7. The summed E-state index contributed by atoms with van der Waals surface area (Å²) in [5, 5.41) is 0. The maximum absolute atomic E-state index is 6.29. The molecular weight excluding hydrogens is 256 g/mol. The van der Waals surface area contributed by atoms with Crippen molar-refractivity contribution in [2.45, 2.75) is 25.4 Å². The van der Waals surface area contributed by atoms with Gasteiger partial charge in [-0.3, -0.25) is 4.90 Å². The molecular formula is C15H24N2O3. The topological polar surface area (TPSA) is 57.0 Å². The van der Waals surface area contributed by atoms with E-state index < -0.39 is 0 Å². The van der Waals surface area contributed by atoms with E-state index >= 15 is 0 Å². The van der Waals surface area contributed by atoms with Gasteiger partial charge < -0.3 is 19.9 Å². The van der Waals surface area contributed by atoms with Crippen molar-refractivity contribution in [1.82, 2.24) is 4.90 Å². The minimum absolute atomic E-state index is 0.113. The molecule has 1 aliphatic heterocycles. The first-order chi connectivity index (χ1) is 9.67. The first kappa shape index (κ1) is 14.9. The molecule has 20 heavy (non-hydrogen) atoms. The summed E-state index contributed by atoms with van der Waals surface area (Å²) in [5.74, 6) is 2.01. The quantitative estimate of drug-likeness (QED) is 0.891. The highest BCUT2D eigenvalue weighted by Gasteiger charge is 2.35. The van der Waals surface area contributed by atoms with Crippen molar-refractivity contribution >= 4 is 0 Å². The molecule has 0 radical (unpaired) electrons. The summed E-state index contributed by atoms with van der Waals surface area (Å²) < 4.78 is 16.4. The molecule has 0 amide bonds. The van der Waals surface area contributed by atoms with Crippen LogP contribution in [0.5, 0.6) is 17.2 Å². The normalized spacial score (nSPS) is 22.9. The van der Waals surface area contributed by atoms with Crippen LogP contribution in [0.3, 0.4) is 0 Å². The Hall–Kier alpha value is -1.46. The van der Waals surface area contributed by atoms with Gasteiger partial charge in [0.15, 0.2) is 11.5 Å². The van der Waals surface area contributed by atoms with Gasteiger partial charge in [0.25, 0.3) is 0 Å². The second kappa shape index (κ2) is 6.33. The number of hydrogen-bond acceptors (Lipinski definition) is 5. The third-order valence-electron chi connectivity index (χ3n) is 4.01. The van der Waals surface area contributed by atoms with E-state index in [0.29, 0.717) is 17.2 Å². The maximum atomic E-state index is 6.29. The van der Waals surface area contributed by atoms with Gasteiger partial charge in [-0.1, -0.05) is 6.92 Å². The summed E-state index contributed by atoms with van der Waals surface area (Å²) in [4.78, 5) is 2.37. The van der Waals surface area contributed by atoms with Crippen LogP contribution >= 0.6 is 0 Å². The largest absolute Gasteiger partial charge is 0.493 e. The lowest BCUT2D eigenvalue weighted by Gasteiger charge is -2.28. The van der Waals surface area contributed by atoms with Gasteiger partial charge in [-0.2, -0.15) is 0 Å². The monoisotopic (exact) mass is 280 g/mol. The lowest BCUT2D eigenvalue weighted by Crippen LogP contribution is -2.32. The van der Waals surface area contributed by atoms with Crippen LogP contribution in [-0.2, 0) is 0 Å². The first-order valence-electron chi connectivity index (χ1n) is 6.96. The molecule has 112 valence electrons. The molecule has 2 unspecified atom stereocenters. The van der Waals surface area contributed by atoms with Crippen LogP contribution < -0.4 is 19.9 Å². The third kappa shape index (κ3) is 2.43. The van der Waals surface area contributed by atoms with Crippen molar-refractivity contribution in [3.63, 3.8) is 0 Å². The lowest BCUT2D eigenvalue weighted by molar-refractivity contribution is 0.250. The summed E-state index contributed by atoms with van der Waals surface area (Å²) in [5.41, 5.74) is 7.36. The molecule has 0 saturated carbocycles. The van der Waals surface area contributed by atoms with E-state index in [1.807, 2.05) is 12.1 Å². The predicted molar refractivity (Wildman–Crippen MR) is 78.7 cm³/mol. The average Bonchev–Trinajstić information content (AvgIpc) is 2.86. The highest BCUT2D eigenvalue weighted by molar-refractivity contribution is 5.57. The number of benzene rings is 1. The smallest absolute Gasteiger partial charge is 0.203 e. The molecule has 5 nitrogen and oxygen atoms in total. The molecule has 0 aliphatic carbocycles. The fourth-order valence-electron chi connectivity index (χ4n) is 3.02. The van der Waals surface area contributed by atoms with Crippen molar-refractivity contribution in [2.75, 3.05) is 34.4 Å². The number of nitrogens with two attached hydrogens (primary N) is 1. The Balaban J connectivity index is 2.50. The summed E-state index contributed by atoms with van der Waals surface area (Å²) in [6.45, 7) is 4.13. The molecule has 0 spiro atoms. The Morgan fingerprint density at radius 3 is 2.40 bits per heavy atom. The molecule has 1 heterocycles. The van der Waals surface area contributed by atoms with Crippen molar-refractivity contribution < 1.29 is 14.2 Å². The van der Waals surface area contributed by atoms with Crippen LogP contribution in [0.15, 0.2) is 12.1 Å². The van der Waals surface area contributed by atoms with E-state index in [1.54, 1.807) is 21.3 Å². The van der Waals surface area contributed by atoms with E-state index in [4.69, 9.17) is 19.9 Å². The Labute approximate surface area is 120 Å². The molecule has 1 saturated heterocycles. The SMILES string of the molecule is CCN1CCC(N)C1c1ccc(OC)c(OC)c1OC. The fourth-order valence-corrected chi connectivity index (χ4v) is 3.02.